The number of imide groups is 1. The van der Waals surface area contributed by atoms with Gasteiger partial charge in [-0.1, -0.05) is 109 Å². The highest BCUT2D eigenvalue weighted by Gasteiger charge is 2.41. The van der Waals surface area contributed by atoms with E-state index in [2.05, 4.69) is 10.3 Å². The van der Waals surface area contributed by atoms with Gasteiger partial charge >= 0.3 is 6.09 Å². The molecule has 0 saturated carbocycles. The number of hydrogen-bond donors (Lipinski definition) is 2. The summed E-state index contributed by atoms with van der Waals surface area (Å²) in [7, 11) is 0. The smallest absolute Gasteiger partial charge is 0.408 e. The van der Waals surface area contributed by atoms with Crippen LogP contribution in [0.25, 0.3) is 0 Å². The van der Waals surface area contributed by atoms with Crippen molar-refractivity contribution in [2.75, 3.05) is 0 Å². The number of rotatable bonds is 10. The van der Waals surface area contributed by atoms with Crippen LogP contribution in [-0.4, -0.2) is 49.6 Å². The van der Waals surface area contributed by atoms with Gasteiger partial charge < -0.3 is 29.2 Å². The molecule has 0 radical (unpaired) electrons. The average molecular weight is 694 g/mol. The minimum Gasteiger partial charge on any atom is -0.445 e. The normalized spacial score (nSPS) is 22.6. The van der Waals surface area contributed by atoms with E-state index in [0.29, 0.717) is 17.3 Å². The number of alkyl carbamates (subject to hydrolysis) is 1. The SMILES string of the molecule is C[C@H]1[C@@H](Cn2cnc(Cl)c2Cl)O[C@@H](c2ccc(CN3C(=O)CC(NC(=O)OCc4ccccc4)C3=O)cc2)O[C@H]1c1ccc(CO)cc1. The molecule has 3 aromatic carbocycles. The van der Waals surface area contributed by atoms with Gasteiger partial charge in [-0.25, -0.2) is 9.78 Å². The predicted molar refractivity (Wildman–Crippen MR) is 175 cm³/mol. The van der Waals surface area contributed by atoms with Crippen LogP contribution in [0.5, 0.6) is 0 Å². The lowest BCUT2D eigenvalue weighted by Gasteiger charge is -2.41. The molecule has 1 unspecified atom stereocenters. The molecule has 0 aliphatic carbocycles. The monoisotopic (exact) mass is 692 g/mol. The number of nitrogens with zero attached hydrogens (tertiary/aromatic N) is 3. The van der Waals surface area contributed by atoms with Gasteiger partial charge in [-0.2, -0.15) is 0 Å². The molecule has 2 N–H and O–H groups in total. The van der Waals surface area contributed by atoms with E-state index < -0.39 is 24.3 Å². The minimum atomic E-state index is -0.995. The van der Waals surface area contributed by atoms with E-state index in [0.717, 1.165) is 27.2 Å². The van der Waals surface area contributed by atoms with Gasteiger partial charge in [-0.3, -0.25) is 14.5 Å². The summed E-state index contributed by atoms with van der Waals surface area (Å²) in [6, 6.07) is 23.0. The van der Waals surface area contributed by atoms with Crippen LogP contribution in [0.2, 0.25) is 10.3 Å². The highest BCUT2D eigenvalue weighted by Crippen LogP contribution is 2.42. The van der Waals surface area contributed by atoms with Crippen molar-refractivity contribution in [3.8, 4) is 0 Å². The first-order chi connectivity index (χ1) is 23.2. The molecule has 3 amide bonds. The number of carbonyl (C=O) groups is 3. The van der Waals surface area contributed by atoms with Gasteiger partial charge in [0.25, 0.3) is 5.91 Å². The Balaban J connectivity index is 1.12. The minimum absolute atomic E-state index is 0.0426. The second kappa shape index (κ2) is 14.9. The lowest BCUT2D eigenvalue weighted by Crippen LogP contribution is -2.41. The first-order valence-corrected chi connectivity index (χ1v) is 16.2. The van der Waals surface area contributed by atoms with Crippen LogP contribution in [0.3, 0.4) is 0 Å². The lowest BCUT2D eigenvalue weighted by molar-refractivity contribution is -0.276. The molecule has 4 aromatic rings. The van der Waals surface area contributed by atoms with E-state index in [4.69, 9.17) is 37.4 Å². The summed E-state index contributed by atoms with van der Waals surface area (Å²) in [4.78, 5) is 43.4. The third-order valence-electron chi connectivity index (χ3n) is 8.57. The number of ether oxygens (including phenoxy) is 3. The van der Waals surface area contributed by atoms with E-state index in [9.17, 15) is 19.5 Å². The van der Waals surface area contributed by atoms with Gasteiger partial charge in [0, 0.05) is 11.5 Å². The average Bonchev–Trinajstić information content (AvgIpc) is 3.56. The first-order valence-electron chi connectivity index (χ1n) is 15.5. The molecule has 48 heavy (non-hydrogen) atoms. The number of imidazole rings is 1. The number of hydrogen-bond acceptors (Lipinski definition) is 8. The van der Waals surface area contributed by atoms with Crippen molar-refractivity contribution < 1.29 is 33.7 Å². The third kappa shape index (κ3) is 7.56. The number of carbonyl (C=O) groups excluding carboxylic acids is 3. The van der Waals surface area contributed by atoms with Crippen molar-refractivity contribution in [3.63, 3.8) is 0 Å². The van der Waals surface area contributed by atoms with E-state index in [1.165, 1.54) is 0 Å². The Bertz CT molecular complexity index is 1750. The van der Waals surface area contributed by atoms with Gasteiger partial charge in [0.05, 0.1) is 44.7 Å². The fourth-order valence-electron chi connectivity index (χ4n) is 5.82. The molecule has 13 heteroatoms. The fourth-order valence-corrected chi connectivity index (χ4v) is 6.14. The summed E-state index contributed by atoms with van der Waals surface area (Å²) in [5.41, 5.74) is 3.98. The van der Waals surface area contributed by atoms with Crippen molar-refractivity contribution in [1.82, 2.24) is 19.8 Å². The van der Waals surface area contributed by atoms with Crippen molar-refractivity contribution in [2.24, 2.45) is 5.92 Å². The van der Waals surface area contributed by atoms with Crippen LogP contribution in [0.4, 0.5) is 4.79 Å². The van der Waals surface area contributed by atoms with Gasteiger partial charge in [0.15, 0.2) is 11.4 Å². The van der Waals surface area contributed by atoms with E-state index in [-0.39, 0.29) is 55.4 Å². The Morgan fingerprint density at radius 3 is 2.31 bits per heavy atom. The quantitative estimate of drug-likeness (QED) is 0.202. The molecule has 2 saturated heterocycles. The maximum Gasteiger partial charge on any atom is 0.408 e. The number of nitrogens with one attached hydrogen (secondary N) is 1. The van der Waals surface area contributed by atoms with E-state index in [1.807, 2.05) is 85.8 Å². The zero-order valence-electron chi connectivity index (χ0n) is 26.0. The number of aromatic nitrogens is 2. The van der Waals surface area contributed by atoms with Gasteiger partial charge in [-0.05, 0) is 22.3 Å². The molecular weight excluding hydrogens is 659 g/mol. The standard InChI is InChI=1S/C35H34Cl2N4O7/c1-21-28(17-40-20-38-31(36)32(40)37)47-34(48-30(21)25-11-9-23(18-42)10-12-25)26-13-7-22(8-14-26)16-41-29(43)15-27(33(41)44)39-35(45)46-19-24-5-3-2-4-6-24/h2-14,20-21,27-28,30,34,42H,15-19H2,1H3,(H,39,45)/t21-,27?,28+,30+,34+/m0/s1. The van der Waals surface area contributed by atoms with Crippen LogP contribution in [-0.2, 0) is 50.1 Å². The van der Waals surface area contributed by atoms with Gasteiger partial charge in [0.2, 0.25) is 5.91 Å². The Labute approximate surface area is 287 Å². The molecule has 2 aliphatic heterocycles. The van der Waals surface area contributed by atoms with Crippen LogP contribution in [0.15, 0.2) is 85.2 Å². The number of aliphatic hydroxyl groups excluding tert-OH is 1. The molecular formula is C35H34Cl2N4O7. The molecule has 5 atom stereocenters. The first kappa shape index (κ1) is 33.6. The molecule has 2 aliphatic rings. The fraction of sp³-hybridized carbons (Fsp3) is 0.314. The Morgan fingerprint density at radius 1 is 0.958 bits per heavy atom. The largest absolute Gasteiger partial charge is 0.445 e. The summed E-state index contributed by atoms with van der Waals surface area (Å²) in [6.45, 7) is 2.46. The summed E-state index contributed by atoms with van der Waals surface area (Å²) < 4.78 is 19.9. The maximum atomic E-state index is 13.1. The van der Waals surface area contributed by atoms with Crippen LogP contribution in [0, 0.1) is 5.92 Å². The van der Waals surface area contributed by atoms with Crippen LogP contribution < -0.4 is 5.32 Å². The number of halogens is 2. The van der Waals surface area contributed by atoms with Crippen LogP contribution >= 0.6 is 23.2 Å². The molecule has 0 spiro atoms. The summed E-state index contributed by atoms with van der Waals surface area (Å²) in [6.07, 6.45) is -0.767. The van der Waals surface area contributed by atoms with E-state index >= 15 is 0 Å². The summed E-state index contributed by atoms with van der Waals surface area (Å²) in [5, 5.41) is 12.5. The topological polar surface area (TPSA) is 132 Å². The molecule has 0 bridgehead atoms. The number of benzene rings is 3. The molecule has 1 aromatic heterocycles. The van der Waals surface area contributed by atoms with Crippen molar-refractivity contribution in [3.05, 3.63) is 123 Å². The van der Waals surface area contributed by atoms with E-state index in [1.54, 1.807) is 10.9 Å². The summed E-state index contributed by atoms with van der Waals surface area (Å²) >= 11 is 12.5. The summed E-state index contributed by atoms with van der Waals surface area (Å²) in [5.74, 6) is -0.978. The molecule has 11 nitrogen and oxygen atoms in total. The number of amides is 3. The van der Waals surface area contributed by atoms with Crippen molar-refractivity contribution >= 4 is 41.1 Å². The highest BCUT2D eigenvalue weighted by atomic mass is 35.5. The predicted octanol–water partition coefficient (Wildman–Crippen LogP) is 5.73. The zero-order valence-corrected chi connectivity index (χ0v) is 27.5. The number of aliphatic hydroxyl groups is 1. The van der Waals surface area contributed by atoms with Crippen molar-refractivity contribution in [1.29, 1.82) is 0 Å². The maximum absolute atomic E-state index is 13.1. The molecule has 3 heterocycles. The molecule has 6 rings (SSSR count). The Kier molecular flexibility index (Phi) is 10.4. The van der Waals surface area contributed by atoms with Gasteiger partial charge in [0.1, 0.15) is 17.8 Å². The number of likely N-dealkylation sites (tertiary alicyclic amines) is 1. The molecule has 2 fully saturated rings. The van der Waals surface area contributed by atoms with Crippen LogP contribution in [0.1, 0.15) is 53.6 Å². The van der Waals surface area contributed by atoms with Crippen molar-refractivity contribution in [2.45, 2.75) is 64.2 Å². The second-order valence-electron chi connectivity index (χ2n) is 11.8. The third-order valence-corrected chi connectivity index (χ3v) is 9.34. The Hall–Kier alpha value is -4.26. The molecule has 250 valence electrons. The second-order valence-corrected chi connectivity index (χ2v) is 12.5. The lowest BCUT2D eigenvalue weighted by atomic mass is 9.90. The zero-order chi connectivity index (χ0) is 33.8. The van der Waals surface area contributed by atoms with Gasteiger partial charge in [-0.15, -0.1) is 0 Å². The highest BCUT2D eigenvalue weighted by molar-refractivity contribution is 6.40. The Morgan fingerprint density at radius 2 is 1.65 bits per heavy atom.